The quantitative estimate of drug-likeness (QED) is 0.795. The van der Waals surface area contributed by atoms with Crippen molar-refractivity contribution in [1.82, 2.24) is 4.90 Å². The van der Waals surface area contributed by atoms with Crippen LogP contribution in [0.3, 0.4) is 0 Å². The average molecular weight is 319 g/mol. The number of halogens is 1. The fraction of sp³-hybridized carbons (Fsp3) is 0.294. The van der Waals surface area contributed by atoms with Crippen molar-refractivity contribution in [3.8, 4) is 0 Å². The molecule has 1 aromatic heterocycles. The third-order valence-electron chi connectivity index (χ3n) is 3.49. The van der Waals surface area contributed by atoms with Gasteiger partial charge in [0.05, 0.1) is 20.1 Å². The molecule has 122 valence electrons. The molecule has 0 atom stereocenters. The summed E-state index contributed by atoms with van der Waals surface area (Å²) < 4.78 is 23.7. The Labute approximate surface area is 133 Å². The zero-order valence-electron chi connectivity index (χ0n) is 13.3. The molecule has 1 aromatic carbocycles. The number of likely N-dealkylation sites (N-methyl/N-ethyl adjacent to an activating group) is 1. The van der Waals surface area contributed by atoms with Gasteiger partial charge in [0.25, 0.3) is 0 Å². The number of rotatable bonds is 5. The number of nitrogens with zero attached hydrogens (tertiary/aromatic N) is 1. The third-order valence-corrected chi connectivity index (χ3v) is 3.49. The number of esters is 1. The first kappa shape index (κ1) is 16.7. The molecule has 2 aromatic rings. The maximum Gasteiger partial charge on any atom is 0.341 e. The van der Waals surface area contributed by atoms with E-state index in [1.165, 1.54) is 18.1 Å². The van der Waals surface area contributed by atoms with Crippen LogP contribution in [0.2, 0.25) is 0 Å². The van der Waals surface area contributed by atoms with E-state index in [2.05, 4.69) is 4.74 Å². The Kier molecular flexibility index (Phi) is 5.16. The van der Waals surface area contributed by atoms with Crippen LogP contribution in [-0.2, 0) is 22.5 Å². The Morgan fingerprint density at radius 2 is 2.00 bits per heavy atom. The molecule has 0 spiro atoms. The van der Waals surface area contributed by atoms with Crippen molar-refractivity contribution in [2.75, 3.05) is 14.2 Å². The molecule has 0 aliphatic carbocycles. The van der Waals surface area contributed by atoms with Crippen LogP contribution in [0.1, 0.15) is 27.4 Å². The molecule has 0 unspecified atom stereocenters. The standard InChI is InChI=1S/C17H18FNO4/c1-11-14(17(21)22-3)9-13(23-11)10-19(2)16(20)8-12-6-4-5-7-15(12)18/h4-7,9H,8,10H2,1-3H3. The first-order valence-corrected chi connectivity index (χ1v) is 7.07. The molecule has 0 saturated heterocycles. The van der Waals surface area contributed by atoms with E-state index < -0.39 is 11.8 Å². The predicted octanol–water partition coefficient (Wildman–Crippen LogP) is 2.71. The largest absolute Gasteiger partial charge is 0.465 e. The summed E-state index contributed by atoms with van der Waals surface area (Å²) in [4.78, 5) is 25.1. The molecule has 2 rings (SSSR count). The Morgan fingerprint density at radius 1 is 1.30 bits per heavy atom. The number of carbonyl (C=O) groups excluding carboxylic acids is 2. The smallest absolute Gasteiger partial charge is 0.341 e. The van der Waals surface area contributed by atoms with E-state index in [4.69, 9.17) is 4.42 Å². The average Bonchev–Trinajstić information content (AvgIpc) is 2.89. The topological polar surface area (TPSA) is 59.8 Å². The normalized spacial score (nSPS) is 10.4. The lowest BCUT2D eigenvalue weighted by Gasteiger charge is -2.16. The van der Waals surface area contributed by atoms with Crippen LogP contribution >= 0.6 is 0 Å². The minimum atomic E-state index is -0.488. The molecule has 0 fully saturated rings. The lowest BCUT2D eigenvalue weighted by atomic mass is 10.1. The van der Waals surface area contributed by atoms with Gasteiger partial charge in [-0.25, -0.2) is 9.18 Å². The number of benzene rings is 1. The van der Waals surface area contributed by atoms with Crippen molar-refractivity contribution < 1.29 is 23.1 Å². The van der Waals surface area contributed by atoms with Crippen LogP contribution in [-0.4, -0.2) is 30.9 Å². The van der Waals surface area contributed by atoms with Crippen LogP contribution in [0.5, 0.6) is 0 Å². The van der Waals surface area contributed by atoms with Gasteiger partial charge >= 0.3 is 5.97 Å². The summed E-state index contributed by atoms with van der Waals surface area (Å²) in [6.07, 6.45) is -0.0350. The highest BCUT2D eigenvalue weighted by atomic mass is 19.1. The van der Waals surface area contributed by atoms with Gasteiger partial charge in [-0.1, -0.05) is 18.2 Å². The number of hydrogen-bond donors (Lipinski definition) is 0. The number of amides is 1. The molecule has 0 radical (unpaired) electrons. The van der Waals surface area contributed by atoms with Crippen molar-refractivity contribution in [1.29, 1.82) is 0 Å². The SMILES string of the molecule is COC(=O)c1cc(CN(C)C(=O)Cc2ccccc2F)oc1C. The van der Waals surface area contributed by atoms with Crippen molar-refractivity contribution in [2.45, 2.75) is 19.9 Å². The van der Waals surface area contributed by atoms with Crippen LogP contribution in [0.4, 0.5) is 4.39 Å². The molecular formula is C17H18FNO4. The van der Waals surface area contributed by atoms with Gasteiger partial charge in [0.2, 0.25) is 5.91 Å². The minimum Gasteiger partial charge on any atom is -0.465 e. The summed E-state index contributed by atoms with van der Waals surface area (Å²) in [6, 6.07) is 7.71. The highest BCUT2D eigenvalue weighted by Gasteiger charge is 2.18. The number of carbonyl (C=O) groups is 2. The molecule has 6 heteroatoms. The molecule has 23 heavy (non-hydrogen) atoms. The van der Waals surface area contributed by atoms with E-state index in [0.29, 0.717) is 22.6 Å². The summed E-state index contributed by atoms with van der Waals surface area (Å²) in [5.41, 5.74) is 0.674. The molecule has 0 aliphatic heterocycles. The van der Waals surface area contributed by atoms with Crippen LogP contribution in [0.15, 0.2) is 34.7 Å². The number of aryl methyl sites for hydroxylation is 1. The van der Waals surface area contributed by atoms with Gasteiger partial charge in [-0.05, 0) is 24.6 Å². The highest BCUT2D eigenvalue weighted by molar-refractivity contribution is 5.90. The molecule has 0 aliphatic rings. The zero-order chi connectivity index (χ0) is 17.0. The first-order chi connectivity index (χ1) is 10.9. The Balaban J connectivity index is 2.04. The van der Waals surface area contributed by atoms with Crippen molar-refractivity contribution in [3.63, 3.8) is 0 Å². The first-order valence-electron chi connectivity index (χ1n) is 7.07. The third kappa shape index (κ3) is 3.97. The zero-order valence-corrected chi connectivity index (χ0v) is 13.3. The molecule has 0 saturated carbocycles. The minimum absolute atomic E-state index is 0.0350. The number of methoxy groups -OCH3 is 1. The monoisotopic (exact) mass is 319 g/mol. The Bertz CT molecular complexity index is 723. The van der Waals surface area contributed by atoms with E-state index in [0.717, 1.165) is 0 Å². The maximum absolute atomic E-state index is 13.6. The van der Waals surface area contributed by atoms with Crippen molar-refractivity contribution in [2.24, 2.45) is 0 Å². The van der Waals surface area contributed by atoms with Crippen LogP contribution in [0, 0.1) is 12.7 Å². The second-order valence-corrected chi connectivity index (χ2v) is 5.19. The van der Waals surface area contributed by atoms with Crippen LogP contribution in [0.25, 0.3) is 0 Å². The summed E-state index contributed by atoms with van der Waals surface area (Å²) in [5.74, 6) is -0.244. The number of furan rings is 1. The second-order valence-electron chi connectivity index (χ2n) is 5.19. The van der Waals surface area contributed by atoms with Gasteiger partial charge in [-0.3, -0.25) is 4.79 Å². The Hall–Kier alpha value is -2.63. The summed E-state index contributed by atoms with van der Waals surface area (Å²) in [7, 11) is 2.89. The molecule has 5 nitrogen and oxygen atoms in total. The summed E-state index contributed by atoms with van der Waals surface area (Å²) in [5, 5.41) is 0. The molecule has 1 amide bonds. The molecular weight excluding hydrogens is 301 g/mol. The van der Waals surface area contributed by atoms with E-state index in [1.54, 1.807) is 38.2 Å². The number of hydrogen-bond acceptors (Lipinski definition) is 4. The molecule has 0 N–H and O–H groups in total. The summed E-state index contributed by atoms with van der Waals surface area (Å²) in [6.45, 7) is 1.84. The van der Waals surface area contributed by atoms with Gasteiger partial charge in [-0.15, -0.1) is 0 Å². The lowest BCUT2D eigenvalue weighted by Crippen LogP contribution is -2.27. The summed E-state index contributed by atoms with van der Waals surface area (Å²) >= 11 is 0. The van der Waals surface area contributed by atoms with Crippen LogP contribution < -0.4 is 0 Å². The van der Waals surface area contributed by atoms with Gasteiger partial charge < -0.3 is 14.1 Å². The fourth-order valence-electron chi connectivity index (χ4n) is 2.20. The van der Waals surface area contributed by atoms with Crippen molar-refractivity contribution in [3.05, 3.63) is 58.8 Å². The van der Waals surface area contributed by atoms with E-state index in [1.807, 2.05) is 0 Å². The maximum atomic E-state index is 13.6. The van der Waals surface area contributed by atoms with Gasteiger partial charge in [0, 0.05) is 7.05 Å². The predicted molar refractivity (Wildman–Crippen MR) is 81.4 cm³/mol. The van der Waals surface area contributed by atoms with E-state index in [-0.39, 0.29) is 18.9 Å². The molecule has 0 bridgehead atoms. The van der Waals surface area contributed by atoms with Gasteiger partial charge in [0.1, 0.15) is 22.9 Å². The number of ether oxygens (including phenoxy) is 1. The second kappa shape index (κ2) is 7.09. The van der Waals surface area contributed by atoms with E-state index in [9.17, 15) is 14.0 Å². The van der Waals surface area contributed by atoms with Crippen molar-refractivity contribution >= 4 is 11.9 Å². The van der Waals surface area contributed by atoms with E-state index >= 15 is 0 Å². The van der Waals surface area contributed by atoms with Gasteiger partial charge in [-0.2, -0.15) is 0 Å². The van der Waals surface area contributed by atoms with Gasteiger partial charge in [0.15, 0.2) is 0 Å². The fourth-order valence-corrected chi connectivity index (χ4v) is 2.20. The lowest BCUT2D eigenvalue weighted by molar-refractivity contribution is -0.130. The molecule has 1 heterocycles. The Morgan fingerprint density at radius 3 is 2.65 bits per heavy atom. The highest BCUT2D eigenvalue weighted by Crippen LogP contribution is 2.17.